The molecule has 0 aliphatic heterocycles. The Morgan fingerprint density at radius 3 is 2.53 bits per heavy atom. The quantitative estimate of drug-likeness (QED) is 0.715. The van der Waals surface area contributed by atoms with Crippen molar-refractivity contribution in [3.05, 3.63) is 35.9 Å². The molecular weight excluding hydrogens is 232 g/mol. The SMILES string of the molecule is CCOC(C)(CCc1ccccc1)C(=O)O[SiH3]. The fourth-order valence-electron chi connectivity index (χ4n) is 1.80. The average Bonchev–Trinajstić information content (AvgIpc) is 2.37. The van der Waals surface area contributed by atoms with Crippen LogP contribution in [0.25, 0.3) is 0 Å². The van der Waals surface area contributed by atoms with Crippen molar-refractivity contribution in [2.24, 2.45) is 0 Å². The molecule has 0 saturated carbocycles. The average molecular weight is 252 g/mol. The van der Waals surface area contributed by atoms with Crippen LogP contribution in [-0.4, -0.2) is 28.7 Å². The molecule has 4 heteroatoms. The van der Waals surface area contributed by atoms with E-state index in [9.17, 15) is 4.79 Å². The van der Waals surface area contributed by atoms with E-state index >= 15 is 0 Å². The first kappa shape index (κ1) is 13.9. The Morgan fingerprint density at radius 2 is 2.00 bits per heavy atom. The Balaban J connectivity index is 2.64. The van der Waals surface area contributed by atoms with E-state index in [4.69, 9.17) is 9.16 Å². The first-order chi connectivity index (χ1) is 8.12. The molecule has 94 valence electrons. The molecule has 17 heavy (non-hydrogen) atoms. The van der Waals surface area contributed by atoms with E-state index in [2.05, 4.69) is 12.1 Å². The lowest BCUT2D eigenvalue weighted by atomic mass is 9.96. The minimum atomic E-state index is -0.813. The summed E-state index contributed by atoms with van der Waals surface area (Å²) in [5.74, 6) is -0.248. The van der Waals surface area contributed by atoms with E-state index in [-0.39, 0.29) is 5.97 Å². The molecule has 1 atom stereocenters. The lowest BCUT2D eigenvalue weighted by Gasteiger charge is -2.26. The van der Waals surface area contributed by atoms with Gasteiger partial charge in [-0.1, -0.05) is 30.3 Å². The number of aryl methyl sites for hydroxylation is 1. The largest absolute Gasteiger partial charge is 0.527 e. The highest BCUT2D eigenvalue weighted by Gasteiger charge is 2.34. The van der Waals surface area contributed by atoms with Crippen molar-refractivity contribution in [1.82, 2.24) is 0 Å². The van der Waals surface area contributed by atoms with Gasteiger partial charge in [0.15, 0.2) is 5.60 Å². The standard InChI is InChI=1S/C13H20O3Si/c1-3-15-13(2,12(14)16-17)10-9-11-7-5-4-6-8-11/h4-8H,3,9-10H2,1-2,17H3. The van der Waals surface area contributed by atoms with Crippen molar-refractivity contribution in [1.29, 1.82) is 0 Å². The van der Waals surface area contributed by atoms with Gasteiger partial charge in [-0.2, -0.15) is 0 Å². The first-order valence-corrected chi connectivity index (χ1v) is 6.70. The molecule has 1 aromatic carbocycles. The number of carbonyl (C=O) groups is 1. The van der Waals surface area contributed by atoms with Crippen molar-refractivity contribution < 1.29 is 14.0 Å². The Hall–Kier alpha value is -1.13. The van der Waals surface area contributed by atoms with Crippen molar-refractivity contribution in [2.75, 3.05) is 6.61 Å². The van der Waals surface area contributed by atoms with Crippen molar-refractivity contribution in [3.8, 4) is 0 Å². The van der Waals surface area contributed by atoms with Crippen molar-refractivity contribution in [2.45, 2.75) is 32.3 Å². The molecule has 0 saturated heterocycles. The van der Waals surface area contributed by atoms with Gasteiger partial charge in [-0.15, -0.1) is 0 Å². The van der Waals surface area contributed by atoms with Crippen LogP contribution in [-0.2, 0) is 20.4 Å². The molecule has 0 N–H and O–H groups in total. The van der Waals surface area contributed by atoms with Gasteiger partial charge in [0, 0.05) is 6.61 Å². The van der Waals surface area contributed by atoms with E-state index < -0.39 is 5.60 Å². The summed E-state index contributed by atoms with van der Waals surface area (Å²) < 4.78 is 10.5. The molecule has 0 amide bonds. The number of benzene rings is 1. The summed E-state index contributed by atoms with van der Waals surface area (Å²) in [6.07, 6.45) is 1.46. The third kappa shape index (κ3) is 3.98. The van der Waals surface area contributed by atoms with Gasteiger partial charge in [0.25, 0.3) is 0 Å². The Labute approximate surface area is 106 Å². The molecule has 0 aliphatic carbocycles. The molecule has 1 unspecified atom stereocenters. The van der Waals surface area contributed by atoms with Gasteiger partial charge >= 0.3 is 5.97 Å². The highest BCUT2D eigenvalue weighted by atomic mass is 28.2. The van der Waals surface area contributed by atoms with Crippen LogP contribution in [0.2, 0.25) is 0 Å². The monoisotopic (exact) mass is 252 g/mol. The number of ether oxygens (including phenoxy) is 1. The van der Waals surface area contributed by atoms with Gasteiger partial charge in [0.05, 0.1) is 0 Å². The van der Waals surface area contributed by atoms with Crippen LogP contribution < -0.4 is 0 Å². The molecule has 0 heterocycles. The second-order valence-electron chi connectivity index (χ2n) is 4.14. The number of hydrogen-bond acceptors (Lipinski definition) is 3. The van der Waals surface area contributed by atoms with E-state index in [1.54, 1.807) is 6.92 Å². The highest BCUT2D eigenvalue weighted by Crippen LogP contribution is 2.20. The number of hydrogen-bond donors (Lipinski definition) is 0. The van der Waals surface area contributed by atoms with Gasteiger partial charge in [0.2, 0.25) is 10.5 Å². The summed E-state index contributed by atoms with van der Waals surface area (Å²) in [6, 6.07) is 10.1. The second-order valence-corrected chi connectivity index (χ2v) is 4.55. The third-order valence-corrected chi connectivity index (χ3v) is 3.18. The van der Waals surface area contributed by atoms with Crippen LogP contribution in [0.3, 0.4) is 0 Å². The number of carbonyl (C=O) groups excluding carboxylic acids is 1. The predicted octanol–water partition coefficient (Wildman–Crippen LogP) is 1.24. The maximum atomic E-state index is 11.7. The number of rotatable bonds is 6. The van der Waals surface area contributed by atoms with Crippen LogP contribution in [0, 0.1) is 0 Å². The van der Waals surface area contributed by atoms with E-state index in [0.717, 1.165) is 6.42 Å². The molecule has 0 aliphatic rings. The maximum absolute atomic E-state index is 11.7. The lowest BCUT2D eigenvalue weighted by Crippen LogP contribution is -2.40. The molecule has 1 rings (SSSR count). The zero-order chi connectivity index (χ0) is 12.7. The second kappa shape index (κ2) is 6.57. The van der Waals surface area contributed by atoms with Crippen molar-refractivity contribution in [3.63, 3.8) is 0 Å². The molecule has 1 aromatic rings. The minimum absolute atomic E-state index is 0.248. The van der Waals surface area contributed by atoms with Gasteiger partial charge in [-0.3, -0.25) is 4.79 Å². The zero-order valence-electron chi connectivity index (χ0n) is 10.7. The van der Waals surface area contributed by atoms with E-state index in [1.807, 2.05) is 25.1 Å². The van der Waals surface area contributed by atoms with Gasteiger partial charge < -0.3 is 9.16 Å². The van der Waals surface area contributed by atoms with Crippen LogP contribution in [0.15, 0.2) is 30.3 Å². The minimum Gasteiger partial charge on any atom is -0.527 e. The first-order valence-electron chi connectivity index (χ1n) is 5.88. The molecule has 0 aromatic heterocycles. The molecule has 0 fully saturated rings. The van der Waals surface area contributed by atoms with E-state index in [1.165, 1.54) is 5.56 Å². The molecule has 3 nitrogen and oxygen atoms in total. The molecular formula is C13H20O3Si. The predicted molar refractivity (Wildman–Crippen MR) is 70.8 cm³/mol. The summed E-state index contributed by atoms with van der Waals surface area (Å²) in [4.78, 5) is 11.7. The summed E-state index contributed by atoms with van der Waals surface area (Å²) in [7, 11) is 0.409. The Kier molecular flexibility index (Phi) is 5.38. The Bertz CT molecular complexity index is 353. The van der Waals surface area contributed by atoms with Gasteiger partial charge in [-0.05, 0) is 32.3 Å². The fraction of sp³-hybridized carbons (Fsp3) is 0.462. The smallest absolute Gasteiger partial charge is 0.324 e. The topological polar surface area (TPSA) is 35.5 Å². The van der Waals surface area contributed by atoms with Crippen molar-refractivity contribution >= 4 is 16.5 Å². The maximum Gasteiger partial charge on any atom is 0.324 e. The van der Waals surface area contributed by atoms with Crippen LogP contribution in [0.4, 0.5) is 0 Å². The molecule has 0 spiro atoms. The van der Waals surface area contributed by atoms with Gasteiger partial charge in [0.1, 0.15) is 0 Å². The zero-order valence-corrected chi connectivity index (χ0v) is 12.7. The van der Waals surface area contributed by atoms with Crippen LogP contribution >= 0.6 is 0 Å². The summed E-state index contributed by atoms with van der Waals surface area (Å²) in [5, 5.41) is 0. The van der Waals surface area contributed by atoms with Crippen LogP contribution in [0.5, 0.6) is 0 Å². The molecule has 0 radical (unpaired) electrons. The fourth-order valence-corrected chi connectivity index (χ4v) is 2.23. The molecule has 0 bridgehead atoms. The van der Waals surface area contributed by atoms with E-state index in [0.29, 0.717) is 23.5 Å². The van der Waals surface area contributed by atoms with Gasteiger partial charge in [-0.25, -0.2) is 0 Å². The Morgan fingerprint density at radius 1 is 1.35 bits per heavy atom. The van der Waals surface area contributed by atoms with Crippen LogP contribution in [0.1, 0.15) is 25.8 Å². The summed E-state index contributed by atoms with van der Waals surface area (Å²) >= 11 is 0. The lowest BCUT2D eigenvalue weighted by molar-refractivity contribution is -0.160. The third-order valence-electron chi connectivity index (χ3n) is 2.81. The summed E-state index contributed by atoms with van der Waals surface area (Å²) in [6.45, 7) is 4.21. The summed E-state index contributed by atoms with van der Waals surface area (Å²) in [5.41, 5.74) is 0.395. The normalized spacial score (nSPS) is 14.2. The highest BCUT2D eigenvalue weighted by molar-refractivity contribution is 6.06.